The molecule has 18 heavy (non-hydrogen) atoms. The molecule has 2 heterocycles. The van der Waals surface area contributed by atoms with E-state index in [1.54, 1.807) is 4.68 Å². The number of nitrogen functional groups attached to an aromatic ring is 1. The molecule has 0 aromatic carbocycles. The third-order valence-corrected chi connectivity index (χ3v) is 4.74. The van der Waals surface area contributed by atoms with E-state index in [9.17, 15) is 0 Å². The fourth-order valence-electron chi connectivity index (χ4n) is 3.66. The summed E-state index contributed by atoms with van der Waals surface area (Å²) >= 11 is 0. The van der Waals surface area contributed by atoms with Crippen LogP contribution >= 0.6 is 0 Å². The van der Waals surface area contributed by atoms with Crippen LogP contribution in [0.3, 0.4) is 0 Å². The first-order valence-corrected chi connectivity index (χ1v) is 7.17. The van der Waals surface area contributed by atoms with Crippen LogP contribution in [0.1, 0.15) is 44.1 Å². The molecule has 0 bridgehead atoms. The molecule has 3 rings (SSSR count). The molecule has 100 valence electrons. The van der Waals surface area contributed by atoms with E-state index < -0.39 is 0 Å². The van der Waals surface area contributed by atoms with Crippen LogP contribution in [0.5, 0.6) is 0 Å². The van der Waals surface area contributed by atoms with E-state index in [1.165, 1.54) is 57.2 Å². The molecule has 1 aliphatic carbocycles. The van der Waals surface area contributed by atoms with Crippen LogP contribution in [0.4, 0.5) is 5.82 Å². The van der Waals surface area contributed by atoms with Gasteiger partial charge in [0.15, 0.2) is 0 Å². The van der Waals surface area contributed by atoms with Gasteiger partial charge in [0.05, 0.1) is 6.20 Å². The minimum atomic E-state index is 0.646. The first-order chi connectivity index (χ1) is 8.69. The standard InChI is InChI=1S/C14H24N4/c1-17-13(15)12(8-16-17)9-18-10-14(11-18)6-4-2-3-5-7-14/h8H,2-7,9-11,15H2,1H3. The molecule has 4 heteroatoms. The summed E-state index contributed by atoms with van der Waals surface area (Å²) in [5.41, 5.74) is 7.83. The molecule has 2 N–H and O–H groups in total. The molecule has 1 aromatic heterocycles. The van der Waals surface area contributed by atoms with E-state index in [4.69, 9.17) is 5.73 Å². The number of rotatable bonds is 2. The first kappa shape index (κ1) is 12.0. The van der Waals surface area contributed by atoms with Gasteiger partial charge in [0, 0.05) is 32.2 Å². The number of hydrogen-bond donors (Lipinski definition) is 1. The van der Waals surface area contributed by atoms with E-state index in [0.29, 0.717) is 5.41 Å². The summed E-state index contributed by atoms with van der Waals surface area (Å²) in [7, 11) is 1.90. The van der Waals surface area contributed by atoms with Crippen LogP contribution in [-0.2, 0) is 13.6 Å². The van der Waals surface area contributed by atoms with Crippen molar-refractivity contribution in [3.8, 4) is 0 Å². The highest BCUT2D eigenvalue weighted by atomic mass is 15.3. The maximum Gasteiger partial charge on any atom is 0.125 e. The van der Waals surface area contributed by atoms with Crippen LogP contribution < -0.4 is 5.73 Å². The fraction of sp³-hybridized carbons (Fsp3) is 0.786. The number of hydrogen-bond acceptors (Lipinski definition) is 3. The highest BCUT2D eigenvalue weighted by Crippen LogP contribution is 2.43. The summed E-state index contributed by atoms with van der Waals surface area (Å²) in [6.45, 7) is 3.50. The lowest BCUT2D eigenvalue weighted by Gasteiger charge is -2.50. The van der Waals surface area contributed by atoms with Crippen molar-refractivity contribution in [1.82, 2.24) is 14.7 Å². The Morgan fingerprint density at radius 1 is 1.22 bits per heavy atom. The van der Waals surface area contributed by atoms with Crippen molar-refractivity contribution < 1.29 is 0 Å². The van der Waals surface area contributed by atoms with Gasteiger partial charge in [0.1, 0.15) is 5.82 Å². The highest BCUT2D eigenvalue weighted by molar-refractivity contribution is 5.38. The van der Waals surface area contributed by atoms with Gasteiger partial charge in [-0.25, -0.2) is 0 Å². The second-order valence-corrected chi connectivity index (χ2v) is 6.24. The zero-order valence-electron chi connectivity index (χ0n) is 11.4. The molecule has 0 unspecified atom stereocenters. The van der Waals surface area contributed by atoms with E-state index in [2.05, 4.69) is 10.00 Å². The predicted molar refractivity (Wildman–Crippen MR) is 73.0 cm³/mol. The molecule has 0 atom stereocenters. The SMILES string of the molecule is Cn1ncc(CN2CC3(CCCCCC3)C2)c1N. The van der Waals surface area contributed by atoms with E-state index in [-0.39, 0.29) is 0 Å². The van der Waals surface area contributed by atoms with Gasteiger partial charge in [-0.15, -0.1) is 0 Å². The Kier molecular flexibility index (Phi) is 3.06. The molecule has 1 spiro atoms. The smallest absolute Gasteiger partial charge is 0.125 e. The van der Waals surface area contributed by atoms with Crippen molar-refractivity contribution in [3.63, 3.8) is 0 Å². The lowest BCUT2D eigenvalue weighted by molar-refractivity contribution is -0.0175. The van der Waals surface area contributed by atoms with Crippen LogP contribution in [0, 0.1) is 5.41 Å². The number of aryl methyl sites for hydroxylation is 1. The van der Waals surface area contributed by atoms with Crippen molar-refractivity contribution in [2.45, 2.75) is 45.1 Å². The van der Waals surface area contributed by atoms with E-state index >= 15 is 0 Å². The molecular formula is C14H24N4. The van der Waals surface area contributed by atoms with Gasteiger partial charge < -0.3 is 5.73 Å². The van der Waals surface area contributed by atoms with E-state index in [0.717, 1.165) is 12.4 Å². The summed E-state index contributed by atoms with van der Waals surface area (Å²) in [6.07, 6.45) is 10.5. The Balaban J connectivity index is 1.57. The minimum absolute atomic E-state index is 0.646. The van der Waals surface area contributed by atoms with Gasteiger partial charge in [-0.1, -0.05) is 25.7 Å². The summed E-state index contributed by atoms with van der Waals surface area (Å²) in [5.74, 6) is 0.816. The largest absolute Gasteiger partial charge is 0.384 e. The van der Waals surface area contributed by atoms with Crippen LogP contribution in [0.25, 0.3) is 0 Å². The summed E-state index contributed by atoms with van der Waals surface area (Å²) in [4.78, 5) is 2.53. The van der Waals surface area contributed by atoms with Crippen molar-refractivity contribution in [2.75, 3.05) is 18.8 Å². The third-order valence-electron chi connectivity index (χ3n) is 4.74. The number of nitrogens with zero attached hydrogens (tertiary/aromatic N) is 3. The van der Waals surface area contributed by atoms with Gasteiger partial charge in [-0.3, -0.25) is 9.58 Å². The van der Waals surface area contributed by atoms with Gasteiger partial charge in [0.25, 0.3) is 0 Å². The predicted octanol–water partition coefficient (Wildman–Crippen LogP) is 2.16. The molecule has 0 amide bonds. The number of anilines is 1. The Hall–Kier alpha value is -1.03. The van der Waals surface area contributed by atoms with Crippen molar-refractivity contribution >= 4 is 5.82 Å². The normalized spacial score (nSPS) is 23.8. The number of likely N-dealkylation sites (tertiary alicyclic amines) is 1. The molecule has 1 aromatic rings. The van der Waals surface area contributed by atoms with Crippen molar-refractivity contribution in [2.24, 2.45) is 12.5 Å². The Labute approximate surface area is 109 Å². The Morgan fingerprint density at radius 2 is 1.89 bits per heavy atom. The average molecular weight is 248 g/mol. The molecule has 4 nitrogen and oxygen atoms in total. The number of aromatic nitrogens is 2. The average Bonchev–Trinajstić information content (AvgIpc) is 2.57. The van der Waals surface area contributed by atoms with Crippen LogP contribution in [0.15, 0.2) is 6.20 Å². The lowest BCUT2D eigenvalue weighted by atomic mass is 9.73. The second-order valence-electron chi connectivity index (χ2n) is 6.24. The molecule has 1 saturated heterocycles. The monoisotopic (exact) mass is 248 g/mol. The lowest BCUT2D eigenvalue weighted by Crippen LogP contribution is -2.55. The van der Waals surface area contributed by atoms with Crippen molar-refractivity contribution in [1.29, 1.82) is 0 Å². The Bertz CT molecular complexity index is 407. The maximum absolute atomic E-state index is 6.00. The van der Waals surface area contributed by atoms with Crippen LogP contribution in [0.2, 0.25) is 0 Å². The molecule has 2 fully saturated rings. The van der Waals surface area contributed by atoms with Gasteiger partial charge in [-0.05, 0) is 18.3 Å². The topological polar surface area (TPSA) is 47.1 Å². The molecule has 0 radical (unpaired) electrons. The van der Waals surface area contributed by atoms with Gasteiger partial charge in [0.2, 0.25) is 0 Å². The van der Waals surface area contributed by atoms with E-state index in [1.807, 2.05) is 13.2 Å². The highest BCUT2D eigenvalue weighted by Gasteiger charge is 2.42. The minimum Gasteiger partial charge on any atom is -0.384 e. The zero-order valence-corrected chi connectivity index (χ0v) is 11.4. The Morgan fingerprint density at radius 3 is 2.44 bits per heavy atom. The maximum atomic E-state index is 6.00. The fourth-order valence-corrected chi connectivity index (χ4v) is 3.66. The van der Waals surface area contributed by atoms with Crippen molar-refractivity contribution in [3.05, 3.63) is 11.8 Å². The number of nitrogens with two attached hydrogens (primary N) is 1. The van der Waals surface area contributed by atoms with Gasteiger partial charge in [-0.2, -0.15) is 5.10 Å². The zero-order chi connectivity index (χ0) is 12.6. The molecule has 1 aliphatic heterocycles. The summed E-state index contributed by atoms with van der Waals surface area (Å²) < 4.78 is 1.76. The van der Waals surface area contributed by atoms with Crippen LogP contribution in [-0.4, -0.2) is 27.8 Å². The molecule has 2 aliphatic rings. The first-order valence-electron chi connectivity index (χ1n) is 7.17. The molecule has 1 saturated carbocycles. The summed E-state index contributed by atoms with van der Waals surface area (Å²) in [6, 6.07) is 0. The molecular weight excluding hydrogens is 224 g/mol. The third kappa shape index (κ3) is 2.14. The van der Waals surface area contributed by atoms with Gasteiger partial charge >= 0.3 is 0 Å². The quantitative estimate of drug-likeness (QED) is 0.872. The summed E-state index contributed by atoms with van der Waals surface area (Å²) in [5, 5.41) is 4.21. The second kappa shape index (κ2) is 4.57.